The van der Waals surface area contributed by atoms with E-state index in [2.05, 4.69) is 16.0 Å². The third-order valence-corrected chi connectivity index (χ3v) is 5.00. The Kier molecular flexibility index (Phi) is 16.4. The van der Waals surface area contributed by atoms with Crippen molar-refractivity contribution in [3.05, 3.63) is 35.9 Å². The molecular weight excluding hydrogens is 494 g/mol. The standard InChI is InChI=1S/C27H43N3O8/c1-27(2,3)38-24(32)14-10-16-29-25(33)22(30-26(34)37-19-21-11-6-5-7-12-21)13-8-9-15-28-23(31)20-36-18-17-35-4/h5-7,11-12,22H,8-10,13-20H2,1-4H3,(H,28,31)(H,29,33)(H,30,34)/t22-/m0/s1. The molecule has 0 saturated carbocycles. The lowest BCUT2D eigenvalue weighted by Crippen LogP contribution is -2.47. The van der Waals surface area contributed by atoms with Gasteiger partial charge in [0.05, 0.1) is 13.2 Å². The van der Waals surface area contributed by atoms with Gasteiger partial charge in [0.1, 0.15) is 24.9 Å². The number of benzene rings is 1. The molecule has 0 aromatic heterocycles. The van der Waals surface area contributed by atoms with Crippen LogP contribution in [-0.4, -0.2) is 75.5 Å². The first-order valence-electron chi connectivity index (χ1n) is 12.9. The molecule has 3 N–H and O–H groups in total. The van der Waals surface area contributed by atoms with Crippen LogP contribution in [0.4, 0.5) is 4.79 Å². The molecule has 3 amide bonds. The number of ether oxygens (including phenoxy) is 4. The maximum absolute atomic E-state index is 12.8. The molecule has 1 rings (SSSR count). The molecule has 38 heavy (non-hydrogen) atoms. The summed E-state index contributed by atoms with van der Waals surface area (Å²) in [6.45, 7) is 6.83. The highest BCUT2D eigenvalue weighted by atomic mass is 16.6. The average Bonchev–Trinajstić information content (AvgIpc) is 2.86. The fourth-order valence-electron chi connectivity index (χ4n) is 3.20. The molecule has 0 bridgehead atoms. The van der Waals surface area contributed by atoms with Crippen molar-refractivity contribution >= 4 is 23.9 Å². The number of rotatable bonds is 18. The highest BCUT2D eigenvalue weighted by molar-refractivity contribution is 5.85. The predicted octanol–water partition coefficient (Wildman–Crippen LogP) is 2.47. The van der Waals surface area contributed by atoms with Crippen LogP contribution in [0.3, 0.4) is 0 Å². The second-order valence-electron chi connectivity index (χ2n) is 9.63. The summed E-state index contributed by atoms with van der Waals surface area (Å²) >= 11 is 0. The number of alkyl carbamates (subject to hydrolysis) is 1. The Balaban J connectivity index is 2.47. The molecule has 0 radical (unpaired) electrons. The van der Waals surface area contributed by atoms with Gasteiger partial charge in [-0.3, -0.25) is 14.4 Å². The number of hydrogen-bond acceptors (Lipinski definition) is 8. The SMILES string of the molecule is COCCOCC(=O)NCCCC[C@H](NC(=O)OCc1ccccc1)C(=O)NCCCC(=O)OC(C)(C)C. The Labute approximate surface area is 225 Å². The number of amides is 3. The molecule has 0 aliphatic rings. The van der Waals surface area contributed by atoms with E-state index < -0.39 is 17.7 Å². The van der Waals surface area contributed by atoms with Gasteiger partial charge in [-0.2, -0.15) is 0 Å². The quantitative estimate of drug-likeness (QED) is 0.192. The summed E-state index contributed by atoms with van der Waals surface area (Å²) in [6, 6.07) is 8.39. The van der Waals surface area contributed by atoms with Gasteiger partial charge in [-0.25, -0.2) is 4.79 Å². The van der Waals surface area contributed by atoms with Crippen molar-refractivity contribution in [2.45, 2.75) is 71.1 Å². The molecule has 11 heteroatoms. The predicted molar refractivity (Wildman–Crippen MR) is 141 cm³/mol. The minimum absolute atomic E-state index is 0.0491. The summed E-state index contributed by atoms with van der Waals surface area (Å²) in [5.41, 5.74) is 0.263. The molecule has 0 unspecified atom stereocenters. The van der Waals surface area contributed by atoms with Gasteiger partial charge in [-0.15, -0.1) is 0 Å². The number of unbranched alkanes of at least 4 members (excludes halogenated alkanes) is 1. The van der Waals surface area contributed by atoms with Crippen molar-refractivity contribution in [2.75, 3.05) is 40.0 Å². The lowest BCUT2D eigenvalue weighted by Gasteiger charge is -2.20. The fraction of sp³-hybridized carbons (Fsp3) is 0.630. The molecule has 214 valence electrons. The van der Waals surface area contributed by atoms with E-state index in [1.54, 1.807) is 27.9 Å². The second kappa shape index (κ2) is 19.0. The number of nitrogens with one attached hydrogen (secondary N) is 3. The largest absolute Gasteiger partial charge is 0.460 e. The molecule has 1 aromatic rings. The van der Waals surface area contributed by atoms with E-state index >= 15 is 0 Å². The van der Waals surface area contributed by atoms with Crippen LogP contribution >= 0.6 is 0 Å². The molecule has 1 atom stereocenters. The van der Waals surface area contributed by atoms with Crippen LogP contribution < -0.4 is 16.0 Å². The Bertz CT molecular complexity index is 842. The van der Waals surface area contributed by atoms with Crippen LogP contribution in [0.5, 0.6) is 0 Å². The van der Waals surface area contributed by atoms with Gasteiger partial charge in [0.15, 0.2) is 0 Å². The summed E-state index contributed by atoms with van der Waals surface area (Å²) in [5.74, 6) is -0.943. The summed E-state index contributed by atoms with van der Waals surface area (Å²) in [4.78, 5) is 48.8. The number of esters is 1. The Hall–Kier alpha value is -3.18. The molecule has 0 aliphatic carbocycles. The first-order chi connectivity index (χ1) is 18.1. The third-order valence-electron chi connectivity index (χ3n) is 5.00. The average molecular weight is 538 g/mol. The Morgan fingerprint density at radius 2 is 1.63 bits per heavy atom. The van der Waals surface area contributed by atoms with E-state index in [-0.39, 0.29) is 44.0 Å². The monoisotopic (exact) mass is 537 g/mol. The smallest absolute Gasteiger partial charge is 0.408 e. The molecule has 0 fully saturated rings. The Morgan fingerprint density at radius 3 is 2.32 bits per heavy atom. The van der Waals surface area contributed by atoms with Gasteiger partial charge in [-0.1, -0.05) is 30.3 Å². The van der Waals surface area contributed by atoms with Crippen molar-refractivity contribution in [3.63, 3.8) is 0 Å². The summed E-state index contributed by atoms with van der Waals surface area (Å²) < 4.78 is 20.5. The number of carbonyl (C=O) groups excluding carboxylic acids is 4. The van der Waals surface area contributed by atoms with Crippen molar-refractivity contribution in [1.29, 1.82) is 0 Å². The number of carbonyl (C=O) groups is 4. The highest BCUT2D eigenvalue weighted by Crippen LogP contribution is 2.09. The van der Waals surface area contributed by atoms with Crippen LogP contribution in [-0.2, 0) is 39.9 Å². The molecule has 0 heterocycles. The maximum Gasteiger partial charge on any atom is 0.408 e. The van der Waals surface area contributed by atoms with E-state index in [4.69, 9.17) is 18.9 Å². The third kappa shape index (κ3) is 17.3. The van der Waals surface area contributed by atoms with Crippen molar-refractivity contribution < 1.29 is 38.1 Å². The minimum Gasteiger partial charge on any atom is -0.460 e. The van der Waals surface area contributed by atoms with E-state index in [9.17, 15) is 19.2 Å². The summed E-state index contributed by atoms with van der Waals surface area (Å²) in [6.07, 6.45) is 1.39. The van der Waals surface area contributed by atoms with Gasteiger partial charge in [0.2, 0.25) is 11.8 Å². The van der Waals surface area contributed by atoms with Crippen molar-refractivity contribution in [2.24, 2.45) is 0 Å². The summed E-state index contributed by atoms with van der Waals surface area (Å²) in [5, 5.41) is 8.13. The van der Waals surface area contributed by atoms with E-state index in [1.807, 2.05) is 30.3 Å². The molecule has 0 spiro atoms. The molecule has 1 aromatic carbocycles. The number of hydrogen-bond donors (Lipinski definition) is 3. The molecule has 0 saturated heterocycles. The molecular formula is C27H43N3O8. The van der Waals surface area contributed by atoms with E-state index in [1.165, 1.54) is 0 Å². The van der Waals surface area contributed by atoms with Gasteiger partial charge >= 0.3 is 12.1 Å². The van der Waals surface area contributed by atoms with Crippen LogP contribution in [0, 0.1) is 0 Å². The van der Waals surface area contributed by atoms with E-state index in [0.29, 0.717) is 45.4 Å². The van der Waals surface area contributed by atoms with Gasteiger partial charge in [0, 0.05) is 26.6 Å². The molecule has 0 aliphatic heterocycles. The zero-order chi connectivity index (χ0) is 28.2. The van der Waals surface area contributed by atoms with Crippen molar-refractivity contribution in [3.8, 4) is 0 Å². The minimum atomic E-state index is -0.826. The van der Waals surface area contributed by atoms with Crippen LogP contribution in [0.1, 0.15) is 58.4 Å². The van der Waals surface area contributed by atoms with E-state index in [0.717, 1.165) is 5.56 Å². The first kappa shape index (κ1) is 32.8. The van der Waals surface area contributed by atoms with Crippen molar-refractivity contribution in [1.82, 2.24) is 16.0 Å². The topological polar surface area (TPSA) is 141 Å². The van der Waals surface area contributed by atoms with Gasteiger partial charge < -0.3 is 34.9 Å². The zero-order valence-electron chi connectivity index (χ0n) is 23.0. The normalized spacial score (nSPS) is 11.8. The first-order valence-corrected chi connectivity index (χ1v) is 12.9. The highest BCUT2D eigenvalue weighted by Gasteiger charge is 2.21. The lowest BCUT2D eigenvalue weighted by atomic mass is 10.1. The van der Waals surface area contributed by atoms with Crippen LogP contribution in [0.25, 0.3) is 0 Å². The number of methoxy groups -OCH3 is 1. The van der Waals surface area contributed by atoms with Gasteiger partial charge in [0.25, 0.3) is 0 Å². The molecule has 11 nitrogen and oxygen atoms in total. The summed E-state index contributed by atoms with van der Waals surface area (Å²) in [7, 11) is 1.55. The second-order valence-corrected chi connectivity index (χ2v) is 9.63. The fourth-order valence-corrected chi connectivity index (χ4v) is 3.20. The van der Waals surface area contributed by atoms with Crippen LogP contribution in [0.15, 0.2) is 30.3 Å². The van der Waals surface area contributed by atoms with Crippen LogP contribution in [0.2, 0.25) is 0 Å². The zero-order valence-corrected chi connectivity index (χ0v) is 23.0. The maximum atomic E-state index is 12.8. The lowest BCUT2D eigenvalue weighted by molar-refractivity contribution is -0.155. The Morgan fingerprint density at radius 1 is 0.921 bits per heavy atom. The van der Waals surface area contributed by atoms with Gasteiger partial charge in [-0.05, 0) is 52.0 Å².